The van der Waals surface area contributed by atoms with Crippen molar-refractivity contribution in [2.45, 2.75) is 46.1 Å². The molecule has 0 spiro atoms. The minimum atomic E-state index is 0.137. The van der Waals surface area contributed by atoms with Crippen molar-refractivity contribution in [2.24, 2.45) is 0 Å². The van der Waals surface area contributed by atoms with E-state index in [1.807, 2.05) is 6.07 Å². The van der Waals surface area contributed by atoms with Crippen LogP contribution in [0.15, 0.2) is 72.9 Å². The Balaban J connectivity index is 1.59. The maximum atomic E-state index is 9.37. The van der Waals surface area contributed by atoms with E-state index in [0.717, 1.165) is 18.6 Å². The van der Waals surface area contributed by atoms with E-state index in [0.29, 0.717) is 6.54 Å². The second kappa shape index (κ2) is 11.8. The number of hydrogen-bond donors (Lipinski definition) is 1. The number of benzene rings is 3. The fourth-order valence-electron chi connectivity index (χ4n) is 4.56. The third-order valence-electron chi connectivity index (χ3n) is 6.53. The van der Waals surface area contributed by atoms with Gasteiger partial charge in [0.2, 0.25) is 5.52 Å². The molecule has 4 aromatic rings. The molecule has 34 heavy (non-hydrogen) atoms. The number of aromatic nitrogens is 1. The highest BCUT2D eigenvalue weighted by molar-refractivity contribution is 5.91. The first kappa shape index (κ1) is 24.0. The van der Waals surface area contributed by atoms with E-state index >= 15 is 0 Å². The summed E-state index contributed by atoms with van der Waals surface area (Å²) in [5.41, 5.74) is 4.86. The van der Waals surface area contributed by atoms with E-state index in [9.17, 15) is 5.11 Å². The number of para-hydroxylation sites is 1. The molecule has 3 heteroatoms. The second-order valence-electron chi connectivity index (χ2n) is 9.02. The average Bonchev–Trinajstić information content (AvgIpc) is 2.88. The van der Waals surface area contributed by atoms with E-state index in [-0.39, 0.29) is 6.61 Å². The molecule has 0 saturated carbocycles. The van der Waals surface area contributed by atoms with Crippen molar-refractivity contribution >= 4 is 39.5 Å². The van der Waals surface area contributed by atoms with Crippen molar-refractivity contribution in [3.63, 3.8) is 0 Å². The highest BCUT2D eigenvalue weighted by Crippen LogP contribution is 2.25. The summed E-state index contributed by atoms with van der Waals surface area (Å²) in [5, 5.41) is 13.1. The van der Waals surface area contributed by atoms with Crippen LogP contribution in [0.3, 0.4) is 0 Å². The molecule has 3 nitrogen and oxygen atoms in total. The van der Waals surface area contributed by atoms with Crippen molar-refractivity contribution in [1.82, 2.24) is 0 Å². The van der Waals surface area contributed by atoms with Crippen LogP contribution in [0.25, 0.3) is 33.8 Å². The van der Waals surface area contributed by atoms with Gasteiger partial charge in [-0.25, -0.2) is 0 Å². The van der Waals surface area contributed by atoms with Gasteiger partial charge in [0.25, 0.3) is 0 Å². The molecular formula is C31H37N2O+. The third kappa shape index (κ3) is 5.66. The SMILES string of the molecule is CCCCN(CCCC)c1ccc2cc(/C=C/c3cc[n+](CCO)c4ccccc34)ccc2c1. The van der Waals surface area contributed by atoms with Gasteiger partial charge in [0.05, 0.1) is 5.39 Å². The Morgan fingerprint density at radius 2 is 1.56 bits per heavy atom. The number of aliphatic hydroxyl groups excluding tert-OH is 1. The van der Waals surface area contributed by atoms with E-state index in [1.165, 1.54) is 58.7 Å². The minimum absolute atomic E-state index is 0.137. The van der Waals surface area contributed by atoms with Gasteiger partial charge in [0.15, 0.2) is 12.7 Å². The maximum Gasteiger partial charge on any atom is 0.213 e. The van der Waals surface area contributed by atoms with Gasteiger partial charge in [0, 0.05) is 30.9 Å². The minimum Gasteiger partial charge on any atom is -0.390 e. The standard InChI is InChI=1S/C31H37N2O/c1-3-5-18-32(19-6-4-2)29-16-15-27-23-25(12-14-28(27)24-29)11-13-26-17-20-33(21-22-34)31-10-8-7-9-30(26)31/h7-17,20,23-24,34H,3-6,18-19,21-22H2,1-2H3/q+1. The van der Waals surface area contributed by atoms with Gasteiger partial charge in [-0.05, 0) is 59.0 Å². The summed E-state index contributed by atoms with van der Waals surface area (Å²) in [5.74, 6) is 0. The van der Waals surface area contributed by atoms with Crippen LogP contribution in [0, 0.1) is 0 Å². The lowest BCUT2D eigenvalue weighted by Gasteiger charge is -2.25. The lowest BCUT2D eigenvalue weighted by atomic mass is 10.0. The van der Waals surface area contributed by atoms with Gasteiger partial charge in [0.1, 0.15) is 6.61 Å². The molecule has 1 aromatic heterocycles. The molecule has 1 N–H and O–H groups in total. The zero-order chi connectivity index (χ0) is 23.8. The Hall–Kier alpha value is -3.17. The second-order valence-corrected chi connectivity index (χ2v) is 9.02. The first-order valence-corrected chi connectivity index (χ1v) is 12.7. The lowest BCUT2D eigenvalue weighted by molar-refractivity contribution is -0.672. The molecule has 0 aliphatic rings. The quantitative estimate of drug-likeness (QED) is 0.251. The summed E-state index contributed by atoms with van der Waals surface area (Å²) in [4.78, 5) is 2.55. The van der Waals surface area contributed by atoms with Gasteiger partial charge in [-0.2, -0.15) is 4.57 Å². The van der Waals surface area contributed by atoms with Crippen molar-refractivity contribution in [3.05, 3.63) is 84.1 Å². The fraction of sp³-hybridized carbons (Fsp3) is 0.323. The Morgan fingerprint density at radius 1 is 0.824 bits per heavy atom. The lowest BCUT2D eigenvalue weighted by Crippen LogP contribution is -2.36. The van der Waals surface area contributed by atoms with Crippen LogP contribution in [0.5, 0.6) is 0 Å². The molecule has 0 saturated heterocycles. The Labute approximate surface area is 204 Å². The largest absolute Gasteiger partial charge is 0.390 e. The van der Waals surface area contributed by atoms with Gasteiger partial charge in [-0.3, -0.25) is 0 Å². The molecule has 0 amide bonds. The number of anilines is 1. The molecule has 176 valence electrons. The zero-order valence-electron chi connectivity index (χ0n) is 20.6. The predicted octanol–water partition coefficient (Wildman–Crippen LogP) is 6.85. The summed E-state index contributed by atoms with van der Waals surface area (Å²) in [6.45, 7) is 7.53. The maximum absolute atomic E-state index is 9.37. The van der Waals surface area contributed by atoms with E-state index in [2.05, 4.69) is 102 Å². The number of pyridine rings is 1. The molecule has 3 aromatic carbocycles. The monoisotopic (exact) mass is 453 g/mol. The average molecular weight is 454 g/mol. The van der Waals surface area contributed by atoms with Crippen LogP contribution < -0.4 is 9.47 Å². The van der Waals surface area contributed by atoms with Crippen LogP contribution in [0.1, 0.15) is 50.7 Å². The van der Waals surface area contributed by atoms with E-state index < -0.39 is 0 Å². The Morgan fingerprint density at radius 3 is 2.32 bits per heavy atom. The van der Waals surface area contributed by atoms with Gasteiger partial charge < -0.3 is 10.0 Å². The number of unbranched alkanes of at least 4 members (excludes halogenated alkanes) is 2. The van der Waals surface area contributed by atoms with Gasteiger partial charge in [-0.15, -0.1) is 0 Å². The number of rotatable bonds is 11. The molecule has 0 atom stereocenters. The highest BCUT2D eigenvalue weighted by atomic mass is 16.3. The topological polar surface area (TPSA) is 27.4 Å². The molecule has 0 fully saturated rings. The summed E-state index contributed by atoms with van der Waals surface area (Å²) >= 11 is 0. The molecule has 0 aliphatic heterocycles. The smallest absolute Gasteiger partial charge is 0.213 e. The highest BCUT2D eigenvalue weighted by Gasteiger charge is 2.10. The third-order valence-corrected chi connectivity index (χ3v) is 6.53. The van der Waals surface area contributed by atoms with E-state index in [1.54, 1.807) is 0 Å². The van der Waals surface area contributed by atoms with Gasteiger partial charge in [-0.1, -0.05) is 69.2 Å². The number of fused-ring (bicyclic) bond motifs is 2. The normalized spacial score (nSPS) is 11.6. The van der Waals surface area contributed by atoms with Crippen LogP contribution in [0.4, 0.5) is 5.69 Å². The molecule has 4 rings (SSSR count). The van der Waals surface area contributed by atoms with Crippen LogP contribution in [-0.2, 0) is 6.54 Å². The summed E-state index contributed by atoms with van der Waals surface area (Å²) in [6, 6.07) is 24.1. The molecular weight excluding hydrogens is 416 g/mol. The van der Waals surface area contributed by atoms with Crippen molar-refractivity contribution in [3.8, 4) is 0 Å². The summed E-state index contributed by atoms with van der Waals surface area (Å²) < 4.78 is 2.10. The van der Waals surface area contributed by atoms with Gasteiger partial charge >= 0.3 is 0 Å². The Kier molecular flexibility index (Phi) is 8.32. The van der Waals surface area contributed by atoms with Crippen molar-refractivity contribution in [2.75, 3.05) is 24.6 Å². The molecule has 0 radical (unpaired) electrons. The van der Waals surface area contributed by atoms with Crippen LogP contribution >= 0.6 is 0 Å². The first-order chi connectivity index (χ1) is 16.7. The van der Waals surface area contributed by atoms with Crippen LogP contribution in [0.2, 0.25) is 0 Å². The van der Waals surface area contributed by atoms with Crippen LogP contribution in [-0.4, -0.2) is 24.8 Å². The van der Waals surface area contributed by atoms with E-state index in [4.69, 9.17) is 0 Å². The zero-order valence-corrected chi connectivity index (χ0v) is 20.6. The summed E-state index contributed by atoms with van der Waals surface area (Å²) in [7, 11) is 0. The number of aliphatic hydroxyl groups is 1. The van der Waals surface area contributed by atoms with Crippen molar-refractivity contribution < 1.29 is 9.67 Å². The molecule has 0 aliphatic carbocycles. The molecule has 0 bridgehead atoms. The summed E-state index contributed by atoms with van der Waals surface area (Å²) in [6.07, 6.45) is 11.4. The fourth-order valence-corrected chi connectivity index (χ4v) is 4.56. The number of nitrogens with zero attached hydrogens (tertiary/aromatic N) is 2. The van der Waals surface area contributed by atoms with Crippen molar-refractivity contribution in [1.29, 1.82) is 0 Å². The molecule has 1 heterocycles. The molecule has 0 unspecified atom stereocenters. The predicted molar refractivity (Wildman–Crippen MR) is 146 cm³/mol. The Bertz CT molecular complexity index is 1250. The first-order valence-electron chi connectivity index (χ1n) is 12.7. The number of hydrogen-bond acceptors (Lipinski definition) is 2.